The van der Waals surface area contributed by atoms with Crippen molar-refractivity contribution in [2.24, 2.45) is 0 Å². The lowest BCUT2D eigenvalue weighted by Crippen LogP contribution is -2.45. The van der Waals surface area contributed by atoms with Crippen LogP contribution < -0.4 is 5.32 Å². The molecule has 0 radical (unpaired) electrons. The monoisotopic (exact) mass is 215 g/mol. The van der Waals surface area contributed by atoms with Crippen LogP contribution in [0.1, 0.15) is 38.5 Å². The molecule has 1 saturated carbocycles. The summed E-state index contributed by atoms with van der Waals surface area (Å²) in [4.78, 5) is 21.5. The summed E-state index contributed by atoms with van der Waals surface area (Å²) in [6.45, 7) is 0. The molecule has 1 fully saturated rings. The average Bonchev–Trinajstić information content (AvgIpc) is 2.18. The van der Waals surface area contributed by atoms with E-state index in [1.807, 2.05) is 0 Å². The van der Waals surface area contributed by atoms with Gasteiger partial charge in [0.2, 0.25) is 5.91 Å². The fraction of sp³-hybridized carbons (Fsp3) is 0.800. The van der Waals surface area contributed by atoms with Crippen LogP contribution in [-0.2, 0) is 9.59 Å². The first kappa shape index (κ1) is 12.0. The molecule has 0 aromatic heterocycles. The molecular formula is C10H17NO4. The fourth-order valence-electron chi connectivity index (χ4n) is 1.78. The zero-order valence-electron chi connectivity index (χ0n) is 8.61. The van der Waals surface area contributed by atoms with E-state index in [0.29, 0.717) is 6.42 Å². The van der Waals surface area contributed by atoms with Gasteiger partial charge in [0.05, 0.1) is 18.6 Å². The van der Waals surface area contributed by atoms with Crippen molar-refractivity contribution < 1.29 is 19.8 Å². The first-order valence-electron chi connectivity index (χ1n) is 5.29. The summed E-state index contributed by atoms with van der Waals surface area (Å²) < 4.78 is 0. The van der Waals surface area contributed by atoms with Crippen LogP contribution in [0.4, 0.5) is 0 Å². The van der Waals surface area contributed by atoms with Crippen molar-refractivity contribution in [1.29, 1.82) is 0 Å². The lowest BCUT2D eigenvalue weighted by molar-refractivity contribution is -0.139. The molecule has 0 unspecified atom stereocenters. The van der Waals surface area contributed by atoms with E-state index in [1.54, 1.807) is 0 Å². The molecule has 0 spiro atoms. The van der Waals surface area contributed by atoms with Crippen molar-refractivity contribution in [1.82, 2.24) is 5.32 Å². The van der Waals surface area contributed by atoms with Crippen molar-refractivity contribution in [3.8, 4) is 0 Å². The Kier molecular flexibility index (Phi) is 4.55. The summed E-state index contributed by atoms with van der Waals surface area (Å²) in [6.07, 6.45) is 2.83. The summed E-state index contributed by atoms with van der Waals surface area (Å²) in [5.74, 6) is -1.27. The Balaban J connectivity index is 2.26. The lowest BCUT2D eigenvalue weighted by Gasteiger charge is -2.28. The largest absolute Gasteiger partial charge is 0.481 e. The topological polar surface area (TPSA) is 86.6 Å². The molecule has 0 aromatic carbocycles. The number of hydrogen-bond donors (Lipinski definition) is 3. The third-order valence-corrected chi connectivity index (χ3v) is 2.64. The van der Waals surface area contributed by atoms with E-state index in [0.717, 1.165) is 19.3 Å². The molecule has 0 saturated heterocycles. The fourth-order valence-corrected chi connectivity index (χ4v) is 1.78. The van der Waals surface area contributed by atoms with Crippen molar-refractivity contribution in [2.75, 3.05) is 0 Å². The molecule has 3 N–H and O–H groups in total. The third-order valence-electron chi connectivity index (χ3n) is 2.64. The molecule has 15 heavy (non-hydrogen) atoms. The first-order chi connectivity index (χ1) is 7.09. The number of aliphatic hydroxyl groups excluding tert-OH is 1. The van der Waals surface area contributed by atoms with Crippen LogP contribution in [0, 0.1) is 0 Å². The van der Waals surface area contributed by atoms with Crippen LogP contribution in [0.5, 0.6) is 0 Å². The molecule has 2 atom stereocenters. The number of amides is 1. The van der Waals surface area contributed by atoms with Crippen LogP contribution in [-0.4, -0.2) is 34.2 Å². The van der Waals surface area contributed by atoms with Crippen LogP contribution in [0.3, 0.4) is 0 Å². The Labute approximate surface area is 88.5 Å². The van der Waals surface area contributed by atoms with Gasteiger partial charge in [0.1, 0.15) is 0 Å². The number of nitrogens with one attached hydrogen (secondary N) is 1. The number of carboxylic acid groups (broad SMARTS) is 1. The van der Waals surface area contributed by atoms with Crippen molar-refractivity contribution in [3.05, 3.63) is 0 Å². The number of aliphatic hydroxyl groups is 1. The third kappa shape index (κ3) is 4.29. The van der Waals surface area contributed by atoms with E-state index in [2.05, 4.69) is 5.32 Å². The Morgan fingerprint density at radius 2 is 1.87 bits per heavy atom. The van der Waals surface area contributed by atoms with Gasteiger partial charge in [-0.15, -0.1) is 0 Å². The molecule has 1 amide bonds. The van der Waals surface area contributed by atoms with E-state index in [1.165, 1.54) is 0 Å². The van der Waals surface area contributed by atoms with E-state index < -0.39 is 12.1 Å². The molecule has 0 aromatic rings. The zero-order valence-corrected chi connectivity index (χ0v) is 8.61. The van der Waals surface area contributed by atoms with Gasteiger partial charge in [-0.1, -0.05) is 12.8 Å². The van der Waals surface area contributed by atoms with E-state index >= 15 is 0 Å². The number of hydrogen-bond acceptors (Lipinski definition) is 3. The minimum absolute atomic E-state index is 0.0153. The minimum atomic E-state index is -0.977. The number of carboxylic acids is 1. The van der Waals surface area contributed by atoms with Gasteiger partial charge in [-0.3, -0.25) is 9.59 Å². The summed E-state index contributed by atoms with van der Waals surface area (Å²) in [7, 11) is 0. The minimum Gasteiger partial charge on any atom is -0.481 e. The molecule has 0 aliphatic heterocycles. The van der Waals surface area contributed by atoms with E-state index in [-0.39, 0.29) is 24.8 Å². The SMILES string of the molecule is O=C(O)CCC(=O)N[C@H]1CCCC[C@@H]1O. The highest BCUT2D eigenvalue weighted by atomic mass is 16.4. The van der Waals surface area contributed by atoms with Gasteiger partial charge in [0.15, 0.2) is 0 Å². The summed E-state index contributed by atoms with van der Waals surface area (Å²) >= 11 is 0. The molecule has 1 aliphatic rings. The van der Waals surface area contributed by atoms with E-state index in [4.69, 9.17) is 5.11 Å². The Morgan fingerprint density at radius 1 is 1.20 bits per heavy atom. The highest BCUT2D eigenvalue weighted by Crippen LogP contribution is 2.18. The first-order valence-corrected chi connectivity index (χ1v) is 5.29. The summed E-state index contributed by atoms with van der Waals surface area (Å²) in [5.41, 5.74) is 0. The number of aliphatic carboxylic acids is 1. The second-order valence-corrected chi connectivity index (χ2v) is 3.92. The van der Waals surface area contributed by atoms with Gasteiger partial charge in [0.25, 0.3) is 0 Å². The Morgan fingerprint density at radius 3 is 2.47 bits per heavy atom. The predicted molar refractivity (Wildman–Crippen MR) is 53.3 cm³/mol. The van der Waals surface area contributed by atoms with Crippen molar-refractivity contribution in [2.45, 2.75) is 50.7 Å². The lowest BCUT2D eigenvalue weighted by atomic mass is 9.92. The number of carbonyl (C=O) groups is 2. The molecule has 86 valence electrons. The second-order valence-electron chi connectivity index (χ2n) is 3.92. The maximum absolute atomic E-state index is 11.3. The standard InChI is InChI=1S/C10H17NO4/c12-8-4-2-1-3-7(8)11-9(13)5-6-10(14)15/h7-8,12H,1-6H2,(H,11,13)(H,14,15)/t7-,8-/m0/s1. The molecular weight excluding hydrogens is 198 g/mol. The number of rotatable bonds is 4. The molecule has 0 bridgehead atoms. The quantitative estimate of drug-likeness (QED) is 0.628. The molecule has 5 heteroatoms. The maximum Gasteiger partial charge on any atom is 0.303 e. The van der Waals surface area contributed by atoms with Crippen LogP contribution in [0.2, 0.25) is 0 Å². The highest BCUT2D eigenvalue weighted by molar-refractivity contribution is 5.80. The maximum atomic E-state index is 11.3. The number of carbonyl (C=O) groups excluding carboxylic acids is 1. The van der Waals surface area contributed by atoms with Gasteiger partial charge in [-0.05, 0) is 12.8 Å². The predicted octanol–water partition coefficient (Wildman–Crippen LogP) is 0.271. The van der Waals surface area contributed by atoms with Gasteiger partial charge in [-0.25, -0.2) is 0 Å². The summed E-state index contributed by atoms with van der Waals surface area (Å²) in [5, 5.41) is 20.6. The second kappa shape index (κ2) is 5.70. The normalized spacial score (nSPS) is 25.9. The average molecular weight is 215 g/mol. The van der Waals surface area contributed by atoms with Crippen molar-refractivity contribution in [3.63, 3.8) is 0 Å². The van der Waals surface area contributed by atoms with E-state index in [9.17, 15) is 14.7 Å². The van der Waals surface area contributed by atoms with Gasteiger partial charge in [0, 0.05) is 6.42 Å². The molecule has 1 aliphatic carbocycles. The molecule has 0 heterocycles. The van der Waals surface area contributed by atoms with Crippen LogP contribution in [0.15, 0.2) is 0 Å². The zero-order chi connectivity index (χ0) is 11.3. The van der Waals surface area contributed by atoms with Gasteiger partial charge in [-0.2, -0.15) is 0 Å². The molecule has 5 nitrogen and oxygen atoms in total. The Bertz CT molecular complexity index is 242. The summed E-state index contributed by atoms with van der Waals surface area (Å²) in [6, 6.07) is -0.194. The molecule has 1 rings (SSSR count). The highest BCUT2D eigenvalue weighted by Gasteiger charge is 2.24. The van der Waals surface area contributed by atoms with Crippen molar-refractivity contribution >= 4 is 11.9 Å². The van der Waals surface area contributed by atoms with Crippen LogP contribution in [0.25, 0.3) is 0 Å². The Hall–Kier alpha value is -1.10. The van der Waals surface area contributed by atoms with Crippen LogP contribution >= 0.6 is 0 Å². The van der Waals surface area contributed by atoms with Gasteiger partial charge >= 0.3 is 5.97 Å². The smallest absolute Gasteiger partial charge is 0.303 e. The van der Waals surface area contributed by atoms with Gasteiger partial charge < -0.3 is 15.5 Å².